The molecule has 0 radical (unpaired) electrons. The molecule has 1 aliphatic rings. The lowest BCUT2D eigenvalue weighted by Gasteiger charge is -2.22. The normalized spacial score (nSPS) is 14.1. The minimum absolute atomic E-state index is 0.0808. The summed E-state index contributed by atoms with van der Waals surface area (Å²) in [5, 5.41) is 19.1. The molecule has 9 heteroatoms. The van der Waals surface area contributed by atoms with Gasteiger partial charge >= 0.3 is 0 Å². The molecule has 0 spiro atoms. The maximum absolute atomic E-state index is 13.8. The summed E-state index contributed by atoms with van der Waals surface area (Å²) in [4.78, 5) is 42.7. The molecule has 6 aromatic rings. The largest absolute Gasteiger partial charge is 0.321 e. The molecule has 0 saturated heterocycles. The number of nitrogens with zero attached hydrogens (tertiary/aromatic N) is 1. The second kappa shape index (κ2) is 17.9. The number of carbonyl (C=O) groups is 3. The lowest BCUT2D eigenvalue weighted by molar-refractivity contribution is -0.116. The summed E-state index contributed by atoms with van der Waals surface area (Å²) in [5.74, 6) is -0.680. The summed E-state index contributed by atoms with van der Waals surface area (Å²) in [6.07, 6.45) is 4.83. The molecule has 0 saturated carbocycles. The van der Waals surface area contributed by atoms with Crippen molar-refractivity contribution in [3.05, 3.63) is 178 Å². The molecule has 3 amide bonds. The van der Waals surface area contributed by atoms with Crippen LogP contribution < -0.4 is 16.0 Å². The highest BCUT2D eigenvalue weighted by atomic mass is 32.2. The number of fused-ring (bicyclic) bond motifs is 1. The smallest absolute Gasteiger partial charge is 0.272 e. The predicted molar refractivity (Wildman–Crippen MR) is 228 cm³/mol. The van der Waals surface area contributed by atoms with Crippen LogP contribution in [0, 0.1) is 11.3 Å². The zero-order valence-corrected chi connectivity index (χ0v) is 32.5. The average molecular weight is 773 g/mol. The fourth-order valence-corrected chi connectivity index (χ4v) is 9.13. The topological polar surface area (TPSA) is 111 Å². The third-order valence-corrected chi connectivity index (χ3v) is 12.3. The highest BCUT2D eigenvalue weighted by molar-refractivity contribution is 8.00. The first-order valence-corrected chi connectivity index (χ1v) is 20.3. The van der Waals surface area contributed by atoms with E-state index in [-0.39, 0.29) is 11.6 Å². The molecular weight excluding hydrogens is 733 g/mol. The quantitative estimate of drug-likeness (QED) is 0.0847. The van der Waals surface area contributed by atoms with Gasteiger partial charge in [0.25, 0.3) is 11.8 Å². The summed E-state index contributed by atoms with van der Waals surface area (Å²) < 4.78 is 0. The number of thiophene rings is 1. The SMILES string of the molecule is CCC(Sc1cccc(NC(=O)/C(=C\c2ccc(-c3ccccc3)cc2)NC(=O)c2ccccc2)c1)C(=O)Nc1sc2c(c1C#N)CCC(c1ccccc1)C2. The van der Waals surface area contributed by atoms with Gasteiger partial charge in [-0.15, -0.1) is 23.1 Å². The van der Waals surface area contributed by atoms with E-state index in [1.54, 1.807) is 36.4 Å². The Hall–Kier alpha value is -6.21. The molecular formula is C47H40N4O3S2. The first-order valence-electron chi connectivity index (χ1n) is 18.6. The number of amides is 3. The number of carbonyl (C=O) groups excluding carboxylic acids is 3. The number of benzene rings is 5. The number of hydrogen-bond acceptors (Lipinski definition) is 6. The Morgan fingerprint density at radius 1 is 0.839 bits per heavy atom. The van der Waals surface area contributed by atoms with E-state index in [0.29, 0.717) is 34.2 Å². The third kappa shape index (κ3) is 9.17. The molecule has 1 heterocycles. The van der Waals surface area contributed by atoms with Crippen LogP contribution in [0.15, 0.2) is 150 Å². The van der Waals surface area contributed by atoms with Crippen LogP contribution in [0.4, 0.5) is 10.7 Å². The van der Waals surface area contributed by atoms with Crippen molar-refractivity contribution in [2.45, 2.75) is 48.7 Å². The van der Waals surface area contributed by atoms with Crippen molar-refractivity contribution in [1.82, 2.24) is 5.32 Å². The maximum atomic E-state index is 13.8. The number of nitriles is 1. The van der Waals surface area contributed by atoms with Gasteiger partial charge in [-0.1, -0.05) is 116 Å². The highest BCUT2D eigenvalue weighted by Gasteiger charge is 2.28. The van der Waals surface area contributed by atoms with Crippen molar-refractivity contribution in [1.29, 1.82) is 5.26 Å². The predicted octanol–water partition coefficient (Wildman–Crippen LogP) is 10.5. The first kappa shape index (κ1) is 38.1. The van der Waals surface area contributed by atoms with Gasteiger partial charge in [0, 0.05) is 21.0 Å². The Balaban J connectivity index is 1.05. The summed E-state index contributed by atoms with van der Waals surface area (Å²) in [6.45, 7) is 1.96. The van der Waals surface area contributed by atoms with Crippen molar-refractivity contribution >= 4 is 57.6 Å². The zero-order valence-electron chi connectivity index (χ0n) is 30.8. The fraction of sp³-hybridized carbons (Fsp3) is 0.149. The molecule has 7 rings (SSSR count). The van der Waals surface area contributed by atoms with Crippen LogP contribution in [0.25, 0.3) is 17.2 Å². The van der Waals surface area contributed by atoms with Gasteiger partial charge in [0.05, 0.1) is 10.8 Å². The van der Waals surface area contributed by atoms with E-state index in [0.717, 1.165) is 46.4 Å². The van der Waals surface area contributed by atoms with Crippen LogP contribution in [0.3, 0.4) is 0 Å². The molecule has 2 unspecified atom stereocenters. The molecule has 0 fully saturated rings. The maximum Gasteiger partial charge on any atom is 0.272 e. The van der Waals surface area contributed by atoms with E-state index in [4.69, 9.17) is 0 Å². The number of thioether (sulfide) groups is 1. The minimum atomic E-state index is -0.492. The summed E-state index contributed by atoms with van der Waals surface area (Å²) in [7, 11) is 0. The molecule has 1 aliphatic carbocycles. The second-order valence-electron chi connectivity index (χ2n) is 13.5. The Kier molecular flexibility index (Phi) is 12.2. The summed E-state index contributed by atoms with van der Waals surface area (Å²) >= 11 is 2.91. The third-order valence-electron chi connectivity index (χ3n) is 9.78. The van der Waals surface area contributed by atoms with Crippen LogP contribution in [0.2, 0.25) is 0 Å². The number of rotatable bonds is 12. The molecule has 2 atom stereocenters. The van der Waals surface area contributed by atoms with E-state index >= 15 is 0 Å². The molecule has 7 nitrogen and oxygen atoms in total. The Bertz CT molecular complexity index is 2400. The van der Waals surface area contributed by atoms with E-state index < -0.39 is 17.1 Å². The lowest BCUT2D eigenvalue weighted by Crippen LogP contribution is -2.30. The Labute approximate surface area is 335 Å². The molecule has 278 valence electrons. The van der Waals surface area contributed by atoms with E-state index in [9.17, 15) is 19.6 Å². The Morgan fingerprint density at radius 2 is 1.52 bits per heavy atom. The average Bonchev–Trinajstić information content (AvgIpc) is 3.59. The van der Waals surface area contributed by atoms with Crippen LogP contribution in [-0.4, -0.2) is 23.0 Å². The van der Waals surface area contributed by atoms with Gasteiger partial charge in [-0.05, 0) is 95.8 Å². The zero-order chi connectivity index (χ0) is 38.9. The van der Waals surface area contributed by atoms with Gasteiger partial charge in [-0.3, -0.25) is 14.4 Å². The molecule has 0 bridgehead atoms. The van der Waals surface area contributed by atoms with Crippen molar-refractivity contribution in [2.75, 3.05) is 10.6 Å². The van der Waals surface area contributed by atoms with Crippen molar-refractivity contribution in [2.24, 2.45) is 0 Å². The van der Waals surface area contributed by atoms with E-state index in [1.807, 2.05) is 91.9 Å². The van der Waals surface area contributed by atoms with Crippen molar-refractivity contribution in [3.63, 3.8) is 0 Å². The van der Waals surface area contributed by atoms with Gasteiger partial charge in [-0.25, -0.2) is 0 Å². The van der Waals surface area contributed by atoms with Gasteiger partial charge < -0.3 is 16.0 Å². The highest BCUT2D eigenvalue weighted by Crippen LogP contribution is 2.42. The van der Waals surface area contributed by atoms with Gasteiger partial charge in [0.15, 0.2) is 0 Å². The van der Waals surface area contributed by atoms with E-state index in [2.05, 4.69) is 46.3 Å². The fourth-order valence-electron chi connectivity index (χ4n) is 6.84. The van der Waals surface area contributed by atoms with Gasteiger partial charge in [0.2, 0.25) is 5.91 Å². The van der Waals surface area contributed by atoms with Crippen molar-refractivity contribution < 1.29 is 14.4 Å². The van der Waals surface area contributed by atoms with Crippen molar-refractivity contribution in [3.8, 4) is 17.2 Å². The van der Waals surface area contributed by atoms with E-state index in [1.165, 1.54) is 33.5 Å². The van der Waals surface area contributed by atoms with Crippen LogP contribution in [0.5, 0.6) is 0 Å². The number of hydrogen-bond donors (Lipinski definition) is 3. The number of nitrogens with one attached hydrogen (secondary N) is 3. The summed E-state index contributed by atoms with van der Waals surface area (Å²) in [5.41, 5.74) is 6.81. The first-order chi connectivity index (χ1) is 27.4. The van der Waals surface area contributed by atoms with Crippen LogP contribution in [-0.2, 0) is 22.4 Å². The Morgan fingerprint density at radius 3 is 2.21 bits per heavy atom. The minimum Gasteiger partial charge on any atom is -0.321 e. The molecule has 1 aromatic heterocycles. The summed E-state index contributed by atoms with van der Waals surface area (Å²) in [6, 6.07) is 46.7. The number of anilines is 2. The standard InChI is InChI=1S/C47H40N4O3S2/c1-2-42(46(54)51-47-40(30-48)39-26-25-36(28-43(39)56-47)33-15-8-4-9-16-33)55-38-20-12-19-37(29-38)49-45(53)41(50-44(52)35-17-10-5-11-18-35)27-31-21-23-34(24-22-31)32-13-6-3-7-14-32/h3-24,27,29,36,42H,2,25-26,28H2,1H3,(H,49,53)(H,50,52)(H,51,54)/b41-27+. The molecule has 3 N–H and O–H groups in total. The van der Waals surface area contributed by atoms with Gasteiger partial charge in [-0.2, -0.15) is 5.26 Å². The second-order valence-corrected chi connectivity index (χ2v) is 15.9. The van der Waals surface area contributed by atoms with Gasteiger partial charge in [0.1, 0.15) is 16.8 Å². The molecule has 5 aromatic carbocycles. The lowest BCUT2D eigenvalue weighted by atomic mass is 9.83. The molecule has 56 heavy (non-hydrogen) atoms. The molecule has 0 aliphatic heterocycles. The van der Waals surface area contributed by atoms with Crippen LogP contribution >= 0.6 is 23.1 Å². The van der Waals surface area contributed by atoms with Crippen LogP contribution in [0.1, 0.15) is 63.2 Å². The monoisotopic (exact) mass is 772 g/mol.